The summed E-state index contributed by atoms with van der Waals surface area (Å²) in [5.41, 5.74) is 1.00. The Morgan fingerprint density at radius 3 is 2.71 bits per heavy atom. The number of carbonyl (C=O) groups excluding carboxylic acids is 2. The van der Waals surface area contributed by atoms with E-state index >= 15 is 0 Å². The number of nitrogens with zero attached hydrogens (tertiary/aromatic N) is 2. The van der Waals surface area contributed by atoms with Gasteiger partial charge < -0.3 is 10.6 Å². The Bertz CT molecular complexity index is 660. The number of rotatable bonds is 5. The van der Waals surface area contributed by atoms with E-state index in [0.29, 0.717) is 24.1 Å². The van der Waals surface area contributed by atoms with Crippen LogP contribution in [0.15, 0.2) is 6.07 Å². The normalized spacial score (nSPS) is 27.2. The van der Waals surface area contributed by atoms with Crippen molar-refractivity contribution in [2.45, 2.75) is 64.2 Å². The molecule has 2 unspecified atom stereocenters. The monoisotopic (exact) mass is 331 g/mol. The predicted octanol–water partition coefficient (Wildman–Crippen LogP) is 1.70. The molecule has 1 aromatic rings. The molecule has 2 saturated carbocycles. The zero-order chi connectivity index (χ0) is 16.8. The summed E-state index contributed by atoms with van der Waals surface area (Å²) >= 11 is 0. The van der Waals surface area contributed by atoms with Crippen molar-refractivity contribution in [3.63, 3.8) is 0 Å². The highest BCUT2D eigenvalue weighted by atomic mass is 16.2. The van der Waals surface area contributed by atoms with Crippen molar-refractivity contribution in [1.29, 1.82) is 0 Å². The van der Waals surface area contributed by atoms with Crippen molar-refractivity contribution in [2.24, 2.45) is 11.8 Å². The van der Waals surface area contributed by atoms with Crippen molar-refractivity contribution in [3.05, 3.63) is 11.8 Å². The van der Waals surface area contributed by atoms with E-state index in [1.165, 1.54) is 0 Å². The predicted molar refractivity (Wildman–Crippen MR) is 89.1 cm³/mol. The van der Waals surface area contributed by atoms with Crippen molar-refractivity contribution in [3.8, 4) is 0 Å². The third-order valence-corrected chi connectivity index (χ3v) is 5.07. The molecule has 0 bridgehead atoms. The third kappa shape index (κ3) is 3.17. The fraction of sp³-hybridized carbons (Fsp3) is 0.706. The minimum absolute atomic E-state index is 0.0143. The van der Waals surface area contributed by atoms with Crippen LogP contribution >= 0.6 is 0 Å². The minimum Gasteiger partial charge on any atom is -0.322 e. The van der Waals surface area contributed by atoms with Crippen molar-refractivity contribution < 1.29 is 9.59 Å². The second kappa shape index (κ2) is 5.88. The van der Waals surface area contributed by atoms with Crippen LogP contribution in [0, 0.1) is 11.8 Å². The van der Waals surface area contributed by atoms with Crippen LogP contribution in [-0.2, 0) is 9.59 Å². The lowest BCUT2D eigenvalue weighted by atomic mass is 9.99. The number of aromatic nitrogens is 2. The van der Waals surface area contributed by atoms with Gasteiger partial charge in [0, 0.05) is 30.4 Å². The number of anilines is 1. The first-order valence-electron chi connectivity index (χ1n) is 8.97. The van der Waals surface area contributed by atoms with Crippen molar-refractivity contribution in [1.82, 2.24) is 20.4 Å². The molecule has 0 aromatic carbocycles. The van der Waals surface area contributed by atoms with E-state index in [2.05, 4.69) is 34.9 Å². The lowest BCUT2D eigenvalue weighted by molar-refractivity contribution is -0.126. The van der Waals surface area contributed by atoms with Gasteiger partial charge in [-0.3, -0.25) is 14.9 Å². The summed E-state index contributed by atoms with van der Waals surface area (Å²) in [6.45, 7) is 4.20. The van der Waals surface area contributed by atoms with Crippen molar-refractivity contribution in [2.75, 3.05) is 5.32 Å². The Kier molecular flexibility index (Phi) is 3.83. The zero-order valence-electron chi connectivity index (χ0n) is 14.2. The molecule has 7 heteroatoms. The summed E-state index contributed by atoms with van der Waals surface area (Å²) in [5, 5.41) is 14.1. The molecule has 2 aliphatic carbocycles. The molecule has 7 nitrogen and oxygen atoms in total. The third-order valence-electron chi connectivity index (χ3n) is 5.07. The van der Waals surface area contributed by atoms with Crippen LogP contribution in [0.1, 0.15) is 63.9 Å². The lowest BCUT2D eigenvalue weighted by Gasteiger charge is -2.34. The highest BCUT2D eigenvalue weighted by Gasteiger charge is 2.35. The van der Waals surface area contributed by atoms with Gasteiger partial charge >= 0.3 is 0 Å². The highest BCUT2D eigenvalue weighted by molar-refractivity contribution is 5.93. The van der Waals surface area contributed by atoms with Gasteiger partial charge in [-0.2, -0.15) is 5.10 Å². The maximum atomic E-state index is 12.2. The molecule has 0 spiro atoms. The molecule has 0 radical (unpaired) electrons. The number of hydrogen-bond donors (Lipinski definition) is 3. The molecule has 2 amide bonds. The fourth-order valence-corrected chi connectivity index (χ4v) is 3.13. The van der Waals surface area contributed by atoms with Crippen LogP contribution in [0.5, 0.6) is 0 Å². The second-order valence-electron chi connectivity index (χ2n) is 7.63. The number of carbonyl (C=O) groups is 2. The summed E-state index contributed by atoms with van der Waals surface area (Å²) in [7, 11) is 0. The summed E-state index contributed by atoms with van der Waals surface area (Å²) < 4.78 is 1.74. The van der Waals surface area contributed by atoms with Crippen molar-refractivity contribution >= 4 is 17.6 Å². The minimum atomic E-state index is -0.416. The van der Waals surface area contributed by atoms with Crippen LogP contribution in [0.25, 0.3) is 0 Å². The van der Waals surface area contributed by atoms with Gasteiger partial charge in [0.1, 0.15) is 5.82 Å². The molecule has 3 aliphatic rings. The van der Waals surface area contributed by atoms with E-state index in [1.807, 2.05) is 6.07 Å². The first-order valence-corrected chi connectivity index (χ1v) is 8.97. The second-order valence-corrected chi connectivity index (χ2v) is 7.63. The largest absolute Gasteiger partial charge is 0.322 e. The van der Waals surface area contributed by atoms with E-state index in [1.54, 1.807) is 4.68 Å². The number of amides is 2. The van der Waals surface area contributed by atoms with Gasteiger partial charge in [-0.1, -0.05) is 13.8 Å². The Morgan fingerprint density at radius 1 is 1.33 bits per heavy atom. The zero-order valence-corrected chi connectivity index (χ0v) is 14.2. The Hall–Kier alpha value is -1.89. The van der Waals surface area contributed by atoms with Crippen LogP contribution in [0.4, 0.5) is 5.82 Å². The average Bonchev–Trinajstić information content (AvgIpc) is 3.43. The van der Waals surface area contributed by atoms with Crippen LogP contribution in [-0.4, -0.2) is 27.6 Å². The fourth-order valence-electron chi connectivity index (χ4n) is 3.13. The van der Waals surface area contributed by atoms with Gasteiger partial charge in [0.25, 0.3) is 0 Å². The summed E-state index contributed by atoms with van der Waals surface area (Å²) in [6.07, 6.45) is 4.26. The van der Waals surface area contributed by atoms with Crippen LogP contribution in [0.3, 0.4) is 0 Å². The Morgan fingerprint density at radius 2 is 2.08 bits per heavy atom. The highest BCUT2D eigenvalue weighted by Crippen LogP contribution is 2.40. The average molecular weight is 331 g/mol. The molecular weight excluding hydrogens is 306 g/mol. The Balaban J connectivity index is 1.59. The van der Waals surface area contributed by atoms with Gasteiger partial charge in [0.2, 0.25) is 11.8 Å². The molecule has 4 rings (SSSR count). The number of hydrogen-bond acceptors (Lipinski definition) is 4. The van der Waals surface area contributed by atoms with Crippen LogP contribution < -0.4 is 16.0 Å². The molecule has 2 atom stereocenters. The number of nitrogens with one attached hydrogen (secondary N) is 3. The molecule has 130 valence electrons. The summed E-state index contributed by atoms with van der Waals surface area (Å²) in [6, 6.07) is 2.06. The summed E-state index contributed by atoms with van der Waals surface area (Å²) in [4.78, 5) is 24.3. The Labute approximate surface area is 141 Å². The van der Waals surface area contributed by atoms with E-state index < -0.39 is 6.29 Å². The van der Waals surface area contributed by atoms with Gasteiger partial charge in [-0.05, 0) is 31.6 Å². The molecule has 2 heterocycles. The molecule has 24 heavy (non-hydrogen) atoms. The molecule has 1 aromatic heterocycles. The maximum absolute atomic E-state index is 12.2. The standard InChI is InChI=1S/C17H25N5O2/c1-9(2)12-8-15(23)20-17(18-12)22-14(19-16(24)11-5-6-11)7-13(21-22)10-3-4-10/h7,9-12,17-18H,3-6,8H2,1-2H3,(H,19,24)(H,20,23). The molecule has 1 saturated heterocycles. The first kappa shape index (κ1) is 15.6. The molecule has 3 fully saturated rings. The van der Waals surface area contributed by atoms with Gasteiger partial charge in [-0.15, -0.1) is 0 Å². The smallest absolute Gasteiger partial charge is 0.228 e. The van der Waals surface area contributed by atoms with E-state index in [0.717, 1.165) is 31.4 Å². The van der Waals surface area contributed by atoms with Gasteiger partial charge in [0.15, 0.2) is 6.29 Å². The SMILES string of the molecule is CC(C)C1CC(=O)NC(n2nc(C3CC3)cc2NC(=O)C2CC2)N1. The van der Waals surface area contributed by atoms with Crippen LogP contribution in [0.2, 0.25) is 0 Å². The van der Waals surface area contributed by atoms with Gasteiger partial charge in [-0.25, -0.2) is 4.68 Å². The maximum Gasteiger partial charge on any atom is 0.228 e. The molecule has 3 N–H and O–H groups in total. The summed E-state index contributed by atoms with van der Waals surface area (Å²) in [5.74, 6) is 1.72. The topological polar surface area (TPSA) is 88.1 Å². The van der Waals surface area contributed by atoms with E-state index in [9.17, 15) is 9.59 Å². The van der Waals surface area contributed by atoms with E-state index in [4.69, 9.17) is 0 Å². The van der Waals surface area contributed by atoms with E-state index in [-0.39, 0.29) is 23.8 Å². The van der Waals surface area contributed by atoms with Gasteiger partial charge in [0.05, 0.1) is 5.69 Å². The molecular formula is C17H25N5O2. The lowest BCUT2D eigenvalue weighted by Crippen LogP contribution is -2.55. The molecule has 1 aliphatic heterocycles. The first-order chi connectivity index (χ1) is 11.5. The quantitative estimate of drug-likeness (QED) is 0.766.